The zero-order valence-electron chi connectivity index (χ0n) is 21.6. The maximum absolute atomic E-state index is 12.2. The Kier molecular flexibility index (Phi) is 6.54. The minimum Gasteiger partial charge on any atom is -0.481 e. The lowest BCUT2D eigenvalue weighted by Gasteiger charge is -2.68. The monoisotopic (exact) mass is 464 g/mol. The highest BCUT2D eigenvalue weighted by atomic mass is 16.4. The second-order valence-electron chi connectivity index (χ2n) is 13.3. The minimum atomic E-state index is -0.820. The predicted molar refractivity (Wildman–Crippen MR) is 128 cm³/mol. The Bertz CT molecular complexity index is 751. The standard InChI is InChI=1S/C28H48O5/c1-7-18-21-13-17(29)10-11-26(21,4)22-14-23(30)27(5)19(15(2)12-16(3)25(31)32)8-9-20(27)24(22)28(18,6)33/h15-24,29-30,33H,7-14H2,1-6H3,(H,31,32)/t15-,16?,17+,18+,19+,20?,21-,22?,23-,24?,26-,27+,28+/m0/s1. The lowest BCUT2D eigenvalue weighted by atomic mass is 9.38. The SMILES string of the molecule is CC[C@@H]1[C@@H]2C[C@H](O)CC[C@]2(C)C2C[C@H](O)[C@@]3(C)C(CC[C@@H]3[C@@H](C)CC(C)C(=O)O)C2[C@]1(C)O. The third kappa shape index (κ3) is 3.62. The van der Waals surface area contributed by atoms with Gasteiger partial charge >= 0.3 is 5.97 Å². The summed E-state index contributed by atoms with van der Waals surface area (Å²) in [5.41, 5.74) is -1.08. The van der Waals surface area contributed by atoms with Crippen LogP contribution in [0, 0.1) is 58.2 Å². The summed E-state index contributed by atoms with van der Waals surface area (Å²) >= 11 is 0. The second-order valence-corrected chi connectivity index (χ2v) is 13.3. The van der Waals surface area contributed by atoms with Crippen LogP contribution in [0.5, 0.6) is 0 Å². The molecule has 4 N–H and O–H groups in total. The lowest BCUT2D eigenvalue weighted by molar-refractivity contribution is -0.263. The summed E-state index contributed by atoms with van der Waals surface area (Å²) in [6, 6.07) is 0. The van der Waals surface area contributed by atoms with Crippen LogP contribution >= 0.6 is 0 Å². The van der Waals surface area contributed by atoms with E-state index in [1.807, 2.05) is 0 Å². The summed E-state index contributed by atoms with van der Waals surface area (Å²) in [5.74, 6) is 0.447. The van der Waals surface area contributed by atoms with Gasteiger partial charge in [0.05, 0.1) is 23.7 Å². The Hall–Kier alpha value is -0.650. The fraction of sp³-hybridized carbons (Fsp3) is 0.964. The fourth-order valence-electron chi connectivity index (χ4n) is 10.2. The molecule has 4 saturated carbocycles. The van der Waals surface area contributed by atoms with E-state index < -0.39 is 17.7 Å². The molecule has 4 aliphatic rings. The first-order valence-corrected chi connectivity index (χ1v) is 13.6. The van der Waals surface area contributed by atoms with E-state index in [1.165, 1.54) is 0 Å². The van der Waals surface area contributed by atoms with Crippen LogP contribution in [0.15, 0.2) is 0 Å². The van der Waals surface area contributed by atoms with Crippen molar-refractivity contribution in [2.75, 3.05) is 0 Å². The van der Waals surface area contributed by atoms with Crippen molar-refractivity contribution in [3.8, 4) is 0 Å². The molecule has 4 aliphatic carbocycles. The van der Waals surface area contributed by atoms with Gasteiger partial charge in [-0.1, -0.05) is 41.0 Å². The van der Waals surface area contributed by atoms with Crippen molar-refractivity contribution in [2.24, 2.45) is 58.2 Å². The number of carbonyl (C=O) groups is 1. The molecule has 0 bridgehead atoms. The highest BCUT2D eigenvalue weighted by Crippen LogP contribution is 2.71. The molecule has 0 spiro atoms. The van der Waals surface area contributed by atoms with E-state index in [1.54, 1.807) is 6.92 Å². The van der Waals surface area contributed by atoms with Crippen LogP contribution in [0.25, 0.3) is 0 Å². The maximum Gasteiger partial charge on any atom is 0.306 e. The Morgan fingerprint density at radius 2 is 1.67 bits per heavy atom. The number of carboxylic acid groups (broad SMARTS) is 1. The zero-order valence-corrected chi connectivity index (χ0v) is 21.6. The molecule has 0 radical (unpaired) electrons. The van der Waals surface area contributed by atoms with Crippen LogP contribution in [0.4, 0.5) is 0 Å². The third-order valence-corrected chi connectivity index (χ3v) is 11.9. The fourth-order valence-corrected chi connectivity index (χ4v) is 10.2. The lowest BCUT2D eigenvalue weighted by Crippen LogP contribution is -2.69. The molecule has 0 aromatic heterocycles. The normalized spacial score (nSPS) is 53.5. The van der Waals surface area contributed by atoms with E-state index in [9.17, 15) is 25.2 Å². The van der Waals surface area contributed by atoms with E-state index in [-0.39, 0.29) is 64.3 Å². The molecule has 0 heterocycles. The summed E-state index contributed by atoms with van der Waals surface area (Å²) in [7, 11) is 0. The molecule has 13 atom stereocenters. The predicted octanol–water partition coefficient (Wildman–Crippen LogP) is 4.72. The molecule has 4 unspecified atom stereocenters. The molecule has 4 rings (SSSR count). The molecule has 4 fully saturated rings. The molecule has 0 aromatic carbocycles. The van der Waals surface area contributed by atoms with Gasteiger partial charge in [-0.05, 0) is 104 Å². The summed E-state index contributed by atoms with van der Waals surface area (Å²) in [6.07, 6.45) is 6.10. The van der Waals surface area contributed by atoms with Gasteiger partial charge in [0, 0.05) is 0 Å². The number of hydrogen-bond donors (Lipinski definition) is 4. The molecular formula is C28H48O5. The summed E-state index contributed by atoms with van der Waals surface area (Å²) < 4.78 is 0. The van der Waals surface area contributed by atoms with Crippen molar-refractivity contribution in [3.63, 3.8) is 0 Å². The molecule has 5 heteroatoms. The summed E-state index contributed by atoms with van der Waals surface area (Å²) in [5, 5.41) is 43.9. The van der Waals surface area contributed by atoms with E-state index in [0.717, 1.165) is 38.5 Å². The quantitative estimate of drug-likeness (QED) is 0.472. The number of aliphatic hydroxyl groups is 3. The van der Waals surface area contributed by atoms with Crippen molar-refractivity contribution in [2.45, 2.75) is 111 Å². The minimum absolute atomic E-state index is 0.0383. The highest BCUT2D eigenvalue weighted by Gasteiger charge is 2.70. The molecule has 5 nitrogen and oxygen atoms in total. The van der Waals surface area contributed by atoms with Crippen LogP contribution < -0.4 is 0 Å². The van der Waals surface area contributed by atoms with Crippen molar-refractivity contribution in [3.05, 3.63) is 0 Å². The van der Waals surface area contributed by atoms with Crippen LogP contribution in [-0.2, 0) is 4.79 Å². The van der Waals surface area contributed by atoms with Gasteiger partial charge in [-0.15, -0.1) is 0 Å². The molecule has 0 amide bonds. The largest absolute Gasteiger partial charge is 0.481 e. The molecule has 190 valence electrons. The smallest absolute Gasteiger partial charge is 0.306 e. The Morgan fingerprint density at radius 1 is 1.00 bits per heavy atom. The molecule has 33 heavy (non-hydrogen) atoms. The first kappa shape index (κ1) is 25.4. The number of aliphatic carboxylic acids is 1. The van der Waals surface area contributed by atoms with E-state index in [4.69, 9.17) is 0 Å². The Balaban J connectivity index is 1.71. The average Bonchev–Trinajstić information content (AvgIpc) is 3.08. The van der Waals surface area contributed by atoms with Gasteiger partial charge in [0.2, 0.25) is 0 Å². The Morgan fingerprint density at radius 3 is 2.27 bits per heavy atom. The highest BCUT2D eigenvalue weighted by molar-refractivity contribution is 5.69. The van der Waals surface area contributed by atoms with Gasteiger partial charge in [-0.2, -0.15) is 0 Å². The van der Waals surface area contributed by atoms with Gasteiger partial charge in [0.25, 0.3) is 0 Å². The summed E-state index contributed by atoms with van der Waals surface area (Å²) in [6.45, 7) is 12.8. The molecule has 0 aromatic rings. The Labute approximate surface area is 200 Å². The van der Waals surface area contributed by atoms with Crippen LogP contribution in [0.2, 0.25) is 0 Å². The number of aliphatic hydroxyl groups excluding tert-OH is 2. The molecule has 0 saturated heterocycles. The zero-order chi connectivity index (χ0) is 24.5. The number of hydrogen-bond acceptors (Lipinski definition) is 4. The van der Waals surface area contributed by atoms with Crippen molar-refractivity contribution < 1.29 is 25.2 Å². The van der Waals surface area contributed by atoms with E-state index in [2.05, 4.69) is 34.6 Å². The maximum atomic E-state index is 12.2. The average molecular weight is 465 g/mol. The topological polar surface area (TPSA) is 98.0 Å². The first-order valence-electron chi connectivity index (χ1n) is 13.6. The van der Waals surface area contributed by atoms with Crippen molar-refractivity contribution >= 4 is 5.97 Å². The van der Waals surface area contributed by atoms with Gasteiger partial charge in [0.15, 0.2) is 0 Å². The van der Waals surface area contributed by atoms with E-state index >= 15 is 0 Å². The summed E-state index contributed by atoms with van der Waals surface area (Å²) in [4.78, 5) is 11.5. The van der Waals surface area contributed by atoms with Gasteiger partial charge < -0.3 is 20.4 Å². The first-order chi connectivity index (χ1) is 15.3. The van der Waals surface area contributed by atoms with Crippen LogP contribution in [0.3, 0.4) is 0 Å². The van der Waals surface area contributed by atoms with Gasteiger partial charge in [-0.25, -0.2) is 0 Å². The van der Waals surface area contributed by atoms with Gasteiger partial charge in [-0.3, -0.25) is 4.79 Å². The third-order valence-electron chi connectivity index (χ3n) is 11.9. The molecular weight excluding hydrogens is 416 g/mol. The van der Waals surface area contributed by atoms with E-state index in [0.29, 0.717) is 12.8 Å². The second kappa shape index (κ2) is 8.48. The van der Waals surface area contributed by atoms with Crippen molar-refractivity contribution in [1.82, 2.24) is 0 Å². The number of rotatable bonds is 5. The van der Waals surface area contributed by atoms with Crippen molar-refractivity contribution in [1.29, 1.82) is 0 Å². The molecule has 0 aliphatic heterocycles. The number of carboxylic acids is 1. The number of fused-ring (bicyclic) bond motifs is 5. The van der Waals surface area contributed by atoms with Gasteiger partial charge in [0.1, 0.15) is 0 Å². The van der Waals surface area contributed by atoms with Crippen LogP contribution in [0.1, 0.15) is 92.9 Å². The van der Waals surface area contributed by atoms with Crippen LogP contribution in [-0.4, -0.2) is 44.2 Å².